The molecule has 0 radical (unpaired) electrons. The van der Waals surface area contributed by atoms with Gasteiger partial charge < -0.3 is 0 Å². The van der Waals surface area contributed by atoms with Crippen molar-refractivity contribution in [3.05, 3.63) is 35.4 Å². The molecular weight excluding hydrogens is 220 g/mol. The maximum Gasteiger partial charge on any atom is 0.162 e. The zero-order valence-electron chi connectivity index (χ0n) is 11.6. The molecule has 18 heavy (non-hydrogen) atoms. The average Bonchev–Trinajstić information content (AvgIpc) is 2.89. The fraction of sp³-hybridized carbons (Fsp3) is 0.588. The molecule has 1 heteroatoms. The highest BCUT2D eigenvalue weighted by Crippen LogP contribution is 2.29. The van der Waals surface area contributed by atoms with E-state index in [2.05, 4.69) is 26.0 Å². The lowest BCUT2D eigenvalue weighted by Gasteiger charge is -2.09. The third-order valence-electron chi connectivity index (χ3n) is 4.15. The molecule has 1 aromatic rings. The number of ketones is 1. The van der Waals surface area contributed by atoms with Crippen molar-refractivity contribution in [2.75, 3.05) is 0 Å². The predicted octanol–water partition coefficient (Wildman–Crippen LogP) is 4.96. The van der Waals surface area contributed by atoms with Crippen LogP contribution in [0.2, 0.25) is 0 Å². The Morgan fingerprint density at radius 1 is 1.17 bits per heavy atom. The van der Waals surface area contributed by atoms with Gasteiger partial charge in [-0.05, 0) is 23.8 Å². The summed E-state index contributed by atoms with van der Waals surface area (Å²) in [6, 6.07) is 8.17. The highest BCUT2D eigenvalue weighted by Gasteiger charge is 2.16. The molecule has 1 aliphatic rings. The molecule has 0 bridgehead atoms. The minimum atomic E-state index is 0.317. The molecule has 1 saturated carbocycles. The van der Waals surface area contributed by atoms with Crippen LogP contribution < -0.4 is 0 Å². The van der Waals surface area contributed by atoms with Gasteiger partial charge in [-0.15, -0.1) is 0 Å². The molecule has 2 rings (SSSR count). The molecule has 0 aliphatic heterocycles. The van der Waals surface area contributed by atoms with E-state index in [0.29, 0.717) is 11.7 Å². The molecule has 98 valence electrons. The molecule has 0 unspecified atom stereocenters. The summed E-state index contributed by atoms with van der Waals surface area (Å²) < 4.78 is 0. The van der Waals surface area contributed by atoms with Crippen molar-refractivity contribution in [2.24, 2.45) is 5.92 Å². The lowest BCUT2D eigenvalue weighted by molar-refractivity contribution is 0.0974. The Hall–Kier alpha value is -1.11. The van der Waals surface area contributed by atoms with Crippen LogP contribution >= 0.6 is 0 Å². The van der Waals surface area contributed by atoms with Crippen LogP contribution in [0.1, 0.15) is 74.2 Å². The van der Waals surface area contributed by atoms with Crippen LogP contribution in [-0.4, -0.2) is 5.78 Å². The summed E-state index contributed by atoms with van der Waals surface area (Å²) in [6.45, 7) is 4.36. The summed E-state index contributed by atoms with van der Waals surface area (Å²) in [5.41, 5.74) is 2.19. The topological polar surface area (TPSA) is 17.1 Å². The third kappa shape index (κ3) is 3.44. The molecule has 0 heterocycles. The van der Waals surface area contributed by atoms with E-state index in [-0.39, 0.29) is 0 Å². The van der Waals surface area contributed by atoms with Gasteiger partial charge in [-0.1, -0.05) is 63.8 Å². The molecule has 0 aromatic heterocycles. The van der Waals surface area contributed by atoms with E-state index in [4.69, 9.17) is 0 Å². The minimum absolute atomic E-state index is 0.317. The second-order valence-corrected chi connectivity index (χ2v) is 5.89. The van der Waals surface area contributed by atoms with Gasteiger partial charge in [-0.3, -0.25) is 4.79 Å². The van der Waals surface area contributed by atoms with Crippen molar-refractivity contribution in [3.8, 4) is 0 Å². The van der Waals surface area contributed by atoms with E-state index in [1.165, 1.54) is 31.2 Å². The van der Waals surface area contributed by atoms with Gasteiger partial charge in [0.1, 0.15) is 0 Å². The maximum atomic E-state index is 12.1. The van der Waals surface area contributed by atoms with Crippen molar-refractivity contribution in [3.63, 3.8) is 0 Å². The largest absolute Gasteiger partial charge is 0.294 e. The SMILES string of the molecule is CC(C)c1ccc(C(=O)CCC2CCCC2)cc1. The number of Topliss-reactive ketones (excluding diaryl/α,β-unsaturated/α-hetero) is 1. The first-order chi connectivity index (χ1) is 8.66. The Labute approximate surface area is 111 Å². The zero-order chi connectivity index (χ0) is 13.0. The molecule has 0 amide bonds. The lowest BCUT2D eigenvalue weighted by atomic mass is 9.96. The highest BCUT2D eigenvalue weighted by atomic mass is 16.1. The Morgan fingerprint density at radius 3 is 2.33 bits per heavy atom. The van der Waals surface area contributed by atoms with E-state index in [9.17, 15) is 4.79 Å². The summed E-state index contributed by atoms with van der Waals surface area (Å²) >= 11 is 0. The second-order valence-electron chi connectivity index (χ2n) is 5.89. The summed E-state index contributed by atoms with van der Waals surface area (Å²) in [7, 11) is 0. The van der Waals surface area contributed by atoms with Gasteiger partial charge in [0.05, 0.1) is 0 Å². The van der Waals surface area contributed by atoms with Gasteiger partial charge >= 0.3 is 0 Å². The smallest absolute Gasteiger partial charge is 0.162 e. The zero-order valence-corrected chi connectivity index (χ0v) is 11.6. The number of hydrogen-bond donors (Lipinski definition) is 0. The first-order valence-electron chi connectivity index (χ1n) is 7.30. The van der Waals surface area contributed by atoms with Gasteiger partial charge in [0.25, 0.3) is 0 Å². The monoisotopic (exact) mass is 244 g/mol. The predicted molar refractivity (Wildman–Crippen MR) is 76.1 cm³/mol. The normalized spacial score (nSPS) is 16.4. The van der Waals surface area contributed by atoms with Gasteiger partial charge in [0, 0.05) is 12.0 Å². The molecule has 1 nitrogen and oxygen atoms in total. The first kappa shape index (κ1) is 13.3. The molecule has 0 atom stereocenters. The van der Waals surface area contributed by atoms with Crippen LogP contribution in [0.5, 0.6) is 0 Å². The molecule has 0 saturated heterocycles. The lowest BCUT2D eigenvalue weighted by Crippen LogP contribution is -2.03. The molecule has 0 N–H and O–H groups in total. The van der Waals surface area contributed by atoms with Gasteiger partial charge in [-0.2, -0.15) is 0 Å². The molecule has 1 aliphatic carbocycles. The van der Waals surface area contributed by atoms with E-state index < -0.39 is 0 Å². The quantitative estimate of drug-likeness (QED) is 0.669. The van der Waals surface area contributed by atoms with Crippen molar-refractivity contribution in [1.29, 1.82) is 0 Å². The number of rotatable bonds is 5. The maximum absolute atomic E-state index is 12.1. The van der Waals surface area contributed by atoms with E-state index in [1.807, 2.05) is 12.1 Å². The second kappa shape index (κ2) is 6.17. The standard InChI is InChI=1S/C17H24O/c1-13(2)15-8-10-16(11-9-15)17(18)12-7-14-5-3-4-6-14/h8-11,13-14H,3-7,12H2,1-2H3. The van der Waals surface area contributed by atoms with Crippen molar-refractivity contribution in [2.45, 2.75) is 58.3 Å². The summed E-state index contributed by atoms with van der Waals surface area (Å²) in [5, 5.41) is 0. The van der Waals surface area contributed by atoms with Crippen LogP contribution in [0.15, 0.2) is 24.3 Å². The van der Waals surface area contributed by atoms with Crippen LogP contribution in [0, 0.1) is 5.92 Å². The molecular formula is C17H24O. The first-order valence-corrected chi connectivity index (χ1v) is 7.30. The Bertz CT molecular complexity index is 383. The summed E-state index contributed by atoms with van der Waals surface area (Å²) in [5.74, 6) is 1.66. The van der Waals surface area contributed by atoms with E-state index >= 15 is 0 Å². The number of hydrogen-bond acceptors (Lipinski definition) is 1. The van der Waals surface area contributed by atoms with Gasteiger partial charge in [-0.25, -0.2) is 0 Å². The summed E-state index contributed by atoms with van der Waals surface area (Å²) in [6.07, 6.45) is 7.21. The fourth-order valence-corrected chi connectivity index (χ4v) is 2.83. The van der Waals surface area contributed by atoms with Crippen molar-refractivity contribution < 1.29 is 4.79 Å². The van der Waals surface area contributed by atoms with Gasteiger partial charge in [0.2, 0.25) is 0 Å². The van der Waals surface area contributed by atoms with Crippen LogP contribution in [0.4, 0.5) is 0 Å². The third-order valence-corrected chi connectivity index (χ3v) is 4.15. The van der Waals surface area contributed by atoms with Crippen LogP contribution in [0.3, 0.4) is 0 Å². The fourth-order valence-electron chi connectivity index (χ4n) is 2.83. The van der Waals surface area contributed by atoms with E-state index in [1.54, 1.807) is 0 Å². The Balaban J connectivity index is 1.87. The Kier molecular flexibility index (Phi) is 4.57. The van der Waals surface area contributed by atoms with Gasteiger partial charge in [0.15, 0.2) is 5.78 Å². The van der Waals surface area contributed by atoms with Crippen LogP contribution in [-0.2, 0) is 0 Å². The highest BCUT2D eigenvalue weighted by molar-refractivity contribution is 5.96. The summed E-state index contributed by atoms with van der Waals surface area (Å²) in [4.78, 5) is 12.1. The number of carbonyl (C=O) groups excluding carboxylic acids is 1. The van der Waals surface area contributed by atoms with Crippen LogP contribution in [0.25, 0.3) is 0 Å². The number of carbonyl (C=O) groups is 1. The van der Waals surface area contributed by atoms with Crippen molar-refractivity contribution >= 4 is 5.78 Å². The Morgan fingerprint density at radius 2 is 1.78 bits per heavy atom. The molecule has 0 spiro atoms. The van der Waals surface area contributed by atoms with E-state index in [0.717, 1.165) is 24.3 Å². The van der Waals surface area contributed by atoms with Crippen molar-refractivity contribution in [1.82, 2.24) is 0 Å². The molecule has 1 aromatic carbocycles. The average molecular weight is 244 g/mol. The molecule has 1 fully saturated rings. The number of benzene rings is 1. The minimum Gasteiger partial charge on any atom is -0.294 e.